The van der Waals surface area contributed by atoms with Crippen LogP contribution in [0.15, 0.2) is 60.7 Å². The maximum absolute atomic E-state index is 12.9. The fraction of sp³-hybridized carbons (Fsp3) is 0.259. The van der Waals surface area contributed by atoms with Gasteiger partial charge in [0, 0.05) is 41.3 Å². The van der Waals surface area contributed by atoms with Crippen LogP contribution in [0.25, 0.3) is 0 Å². The predicted octanol–water partition coefficient (Wildman–Crippen LogP) is 5.36. The van der Waals surface area contributed by atoms with E-state index in [0.29, 0.717) is 34.0 Å². The molecule has 0 saturated carbocycles. The summed E-state index contributed by atoms with van der Waals surface area (Å²) >= 11 is 0. The van der Waals surface area contributed by atoms with E-state index >= 15 is 0 Å². The second-order valence-electron chi connectivity index (χ2n) is 7.73. The lowest BCUT2D eigenvalue weighted by molar-refractivity contribution is 0.101. The van der Waals surface area contributed by atoms with Crippen molar-refractivity contribution in [1.29, 1.82) is 0 Å². The number of carbonyl (C=O) groups excluding carboxylic acids is 2. The number of hydrogen-bond donors (Lipinski definition) is 2. The SMILES string of the molecule is CCN(CC)c1cccc(NC(=O)c2ccc(C)c(NC(=O)c3ccc(OC)c(OC)c3)c2)c1. The number of methoxy groups -OCH3 is 2. The van der Waals surface area contributed by atoms with Gasteiger partial charge in [-0.1, -0.05) is 12.1 Å². The molecule has 0 radical (unpaired) electrons. The Kier molecular flexibility index (Phi) is 8.14. The van der Waals surface area contributed by atoms with Crippen LogP contribution in [0.4, 0.5) is 17.1 Å². The molecular formula is C27H31N3O4. The molecule has 7 heteroatoms. The predicted molar refractivity (Wildman–Crippen MR) is 137 cm³/mol. The summed E-state index contributed by atoms with van der Waals surface area (Å²) in [6, 6.07) is 17.9. The van der Waals surface area contributed by atoms with Crippen LogP contribution in [0.1, 0.15) is 40.1 Å². The van der Waals surface area contributed by atoms with Crippen molar-refractivity contribution in [3.8, 4) is 11.5 Å². The molecule has 0 atom stereocenters. The average molecular weight is 462 g/mol. The fourth-order valence-corrected chi connectivity index (χ4v) is 3.64. The second-order valence-corrected chi connectivity index (χ2v) is 7.73. The number of rotatable bonds is 9. The van der Waals surface area contributed by atoms with Gasteiger partial charge in [0.1, 0.15) is 0 Å². The van der Waals surface area contributed by atoms with E-state index in [-0.39, 0.29) is 11.8 Å². The minimum Gasteiger partial charge on any atom is -0.493 e. The number of nitrogens with one attached hydrogen (secondary N) is 2. The molecule has 0 aromatic heterocycles. The van der Waals surface area contributed by atoms with Crippen LogP contribution in [0.2, 0.25) is 0 Å². The molecule has 178 valence electrons. The summed E-state index contributed by atoms with van der Waals surface area (Å²) in [5.74, 6) is 0.442. The van der Waals surface area contributed by atoms with Crippen molar-refractivity contribution in [1.82, 2.24) is 0 Å². The monoisotopic (exact) mass is 461 g/mol. The van der Waals surface area contributed by atoms with Gasteiger partial charge in [-0.15, -0.1) is 0 Å². The molecule has 34 heavy (non-hydrogen) atoms. The van der Waals surface area contributed by atoms with Crippen LogP contribution >= 0.6 is 0 Å². The van der Waals surface area contributed by atoms with E-state index in [2.05, 4.69) is 29.4 Å². The Bertz CT molecular complexity index is 1170. The number of benzene rings is 3. The van der Waals surface area contributed by atoms with Gasteiger partial charge in [-0.2, -0.15) is 0 Å². The molecule has 3 aromatic rings. The lowest BCUT2D eigenvalue weighted by Gasteiger charge is -2.21. The lowest BCUT2D eigenvalue weighted by atomic mass is 10.1. The van der Waals surface area contributed by atoms with Gasteiger partial charge in [0.2, 0.25) is 0 Å². The van der Waals surface area contributed by atoms with E-state index in [1.54, 1.807) is 30.3 Å². The normalized spacial score (nSPS) is 10.4. The third kappa shape index (κ3) is 5.67. The molecule has 7 nitrogen and oxygen atoms in total. The molecule has 0 aliphatic heterocycles. The van der Waals surface area contributed by atoms with Gasteiger partial charge in [0.05, 0.1) is 14.2 Å². The van der Waals surface area contributed by atoms with Crippen molar-refractivity contribution in [3.63, 3.8) is 0 Å². The number of amides is 2. The number of hydrogen-bond acceptors (Lipinski definition) is 5. The number of aryl methyl sites for hydroxylation is 1. The van der Waals surface area contributed by atoms with Crippen LogP contribution in [-0.2, 0) is 0 Å². The number of nitrogens with zero attached hydrogens (tertiary/aromatic N) is 1. The molecule has 0 saturated heterocycles. The third-order valence-electron chi connectivity index (χ3n) is 5.63. The molecule has 0 unspecified atom stereocenters. The maximum Gasteiger partial charge on any atom is 0.255 e. The molecular weight excluding hydrogens is 430 g/mol. The molecule has 0 fully saturated rings. The quantitative estimate of drug-likeness (QED) is 0.448. The molecule has 2 amide bonds. The maximum atomic E-state index is 12.9. The summed E-state index contributed by atoms with van der Waals surface area (Å²) in [6.45, 7) is 7.83. The van der Waals surface area contributed by atoms with E-state index in [0.717, 1.165) is 24.3 Å². The summed E-state index contributed by atoms with van der Waals surface area (Å²) in [5.41, 5.74) is 4.03. The zero-order chi connectivity index (χ0) is 24.7. The largest absolute Gasteiger partial charge is 0.493 e. The minimum absolute atomic E-state index is 0.252. The van der Waals surface area contributed by atoms with E-state index in [4.69, 9.17) is 9.47 Å². The Balaban J connectivity index is 1.78. The Hall–Kier alpha value is -4.00. The molecule has 3 aromatic carbocycles. The summed E-state index contributed by atoms with van der Waals surface area (Å²) in [7, 11) is 3.06. The minimum atomic E-state index is -0.312. The van der Waals surface area contributed by atoms with Crippen LogP contribution in [0.3, 0.4) is 0 Å². The molecule has 0 heterocycles. The first kappa shape index (κ1) is 24.6. The molecule has 0 bridgehead atoms. The number of carbonyl (C=O) groups is 2. The summed E-state index contributed by atoms with van der Waals surface area (Å²) in [5, 5.41) is 5.84. The molecule has 0 spiro atoms. The third-order valence-corrected chi connectivity index (χ3v) is 5.63. The zero-order valence-corrected chi connectivity index (χ0v) is 20.3. The highest BCUT2D eigenvalue weighted by Gasteiger charge is 2.14. The first-order chi connectivity index (χ1) is 16.4. The Morgan fingerprint density at radius 1 is 0.794 bits per heavy atom. The summed E-state index contributed by atoms with van der Waals surface area (Å²) in [6.07, 6.45) is 0. The smallest absolute Gasteiger partial charge is 0.255 e. The van der Waals surface area contributed by atoms with Gasteiger partial charge in [-0.05, 0) is 74.9 Å². The Morgan fingerprint density at radius 2 is 1.44 bits per heavy atom. The topological polar surface area (TPSA) is 79.9 Å². The van der Waals surface area contributed by atoms with Gasteiger partial charge in [-0.25, -0.2) is 0 Å². The number of ether oxygens (including phenoxy) is 2. The molecule has 2 N–H and O–H groups in total. The highest BCUT2D eigenvalue weighted by atomic mass is 16.5. The van der Waals surface area contributed by atoms with E-state index in [9.17, 15) is 9.59 Å². The Labute approximate surface area is 200 Å². The van der Waals surface area contributed by atoms with E-state index < -0.39 is 0 Å². The van der Waals surface area contributed by atoms with Gasteiger partial charge < -0.3 is 25.0 Å². The van der Waals surface area contributed by atoms with Crippen molar-refractivity contribution in [3.05, 3.63) is 77.4 Å². The van der Waals surface area contributed by atoms with Crippen molar-refractivity contribution in [2.45, 2.75) is 20.8 Å². The van der Waals surface area contributed by atoms with Gasteiger partial charge in [0.15, 0.2) is 11.5 Å². The van der Waals surface area contributed by atoms with Gasteiger partial charge >= 0.3 is 0 Å². The highest BCUT2D eigenvalue weighted by Crippen LogP contribution is 2.28. The van der Waals surface area contributed by atoms with Crippen molar-refractivity contribution in [2.24, 2.45) is 0 Å². The fourth-order valence-electron chi connectivity index (χ4n) is 3.64. The van der Waals surface area contributed by atoms with Crippen LogP contribution < -0.4 is 25.0 Å². The van der Waals surface area contributed by atoms with Crippen LogP contribution in [-0.4, -0.2) is 39.1 Å². The van der Waals surface area contributed by atoms with Crippen LogP contribution in [0.5, 0.6) is 11.5 Å². The summed E-state index contributed by atoms with van der Waals surface area (Å²) in [4.78, 5) is 28.0. The Morgan fingerprint density at radius 3 is 2.12 bits per heavy atom. The first-order valence-corrected chi connectivity index (χ1v) is 11.2. The first-order valence-electron chi connectivity index (χ1n) is 11.2. The molecule has 0 aliphatic rings. The van der Waals surface area contributed by atoms with E-state index in [1.165, 1.54) is 14.2 Å². The zero-order valence-electron chi connectivity index (χ0n) is 20.3. The van der Waals surface area contributed by atoms with Crippen molar-refractivity contribution >= 4 is 28.9 Å². The lowest BCUT2D eigenvalue weighted by Crippen LogP contribution is -2.22. The molecule has 3 rings (SSSR count). The summed E-state index contributed by atoms with van der Waals surface area (Å²) < 4.78 is 10.5. The van der Waals surface area contributed by atoms with E-state index in [1.807, 2.05) is 37.3 Å². The van der Waals surface area contributed by atoms with Gasteiger partial charge in [0.25, 0.3) is 11.8 Å². The average Bonchev–Trinajstić information content (AvgIpc) is 2.85. The standard InChI is InChI=1S/C27H31N3O4/c1-6-30(7-2)22-10-8-9-21(17-22)28-26(31)19-12-11-18(3)23(15-19)29-27(32)20-13-14-24(33-4)25(16-20)34-5/h8-17H,6-7H2,1-5H3,(H,28,31)(H,29,32). The number of anilines is 3. The molecule has 0 aliphatic carbocycles. The highest BCUT2D eigenvalue weighted by molar-refractivity contribution is 6.08. The second kappa shape index (κ2) is 11.2. The van der Waals surface area contributed by atoms with Gasteiger partial charge in [-0.3, -0.25) is 9.59 Å². The van der Waals surface area contributed by atoms with Crippen LogP contribution in [0, 0.1) is 6.92 Å². The van der Waals surface area contributed by atoms with Crippen molar-refractivity contribution in [2.75, 3.05) is 42.8 Å². The van der Waals surface area contributed by atoms with Crippen molar-refractivity contribution < 1.29 is 19.1 Å².